The summed E-state index contributed by atoms with van der Waals surface area (Å²) in [6, 6.07) is 0. The smallest absolute Gasteiger partial charge is 0.345 e. The van der Waals surface area contributed by atoms with Gasteiger partial charge in [-0.2, -0.15) is 5.26 Å². The molecule has 0 aromatic rings. The molecule has 2 rings (SSSR count). The van der Waals surface area contributed by atoms with E-state index >= 15 is 0 Å². The summed E-state index contributed by atoms with van der Waals surface area (Å²) in [6.07, 6.45) is 1.26. The van der Waals surface area contributed by atoms with Crippen molar-refractivity contribution in [2.45, 2.75) is 32.0 Å². The van der Waals surface area contributed by atoms with Gasteiger partial charge in [0.1, 0.15) is 5.78 Å². The number of carbonyl (C=O) groups is 2. The zero-order valence-corrected chi connectivity index (χ0v) is 7.80. The topological polar surface area (TPSA) is 76.1 Å². The van der Waals surface area contributed by atoms with Gasteiger partial charge in [-0.25, -0.2) is 4.79 Å². The van der Waals surface area contributed by atoms with Crippen molar-refractivity contribution in [1.29, 1.82) is 0 Å². The third-order valence-corrected chi connectivity index (χ3v) is 3.06. The minimum absolute atomic E-state index is 0.0469. The first-order valence-corrected chi connectivity index (χ1v) is 4.64. The number of Topliss-reactive ketones (excluding diaryl/α,β-unsaturated/α-hetero) is 1. The van der Waals surface area contributed by atoms with E-state index in [1.807, 2.05) is 0 Å². The van der Waals surface area contributed by atoms with Crippen LogP contribution in [0.25, 0.3) is 0 Å². The number of ketones is 1. The van der Waals surface area contributed by atoms with Gasteiger partial charge in [-0.1, -0.05) is 0 Å². The summed E-state index contributed by atoms with van der Waals surface area (Å²) >= 11 is 0. The van der Waals surface area contributed by atoms with E-state index in [1.54, 1.807) is 0 Å². The van der Waals surface area contributed by atoms with Gasteiger partial charge in [0.2, 0.25) is 0 Å². The van der Waals surface area contributed by atoms with Gasteiger partial charge < -0.3 is 9.62 Å². The summed E-state index contributed by atoms with van der Waals surface area (Å²) in [5.74, 6) is -1.67. The molecule has 14 heavy (non-hydrogen) atoms. The van der Waals surface area contributed by atoms with Crippen LogP contribution < -0.4 is 0 Å². The summed E-state index contributed by atoms with van der Waals surface area (Å²) in [4.78, 5) is 26.1. The minimum Gasteiger partial charge on any atom is -0.370 e. The average molecular weight is 200 g/mol. The summed E-state index contributed by atoms with van der Waals surface area (Å²) in [7, 11) is 0. The second-order valence-electron chi connectivity index (χ2n) is 3.92. The van der Waals surface area contributed by atoms with Gasteiger partial charge in [0, 0.05) is 5.92 Å². The molecule has 1 saturated heterocycles. The predicted octanol–water partition coefficient (Wildman–Crippen LogP) is 0.385. The number of epoxide rings is 1. The van der Waals surface area contributed by atoms with Crippen molar-refractivity contribution in [2.24, 2.45) is 11.8 Å². The Bertz CT molecular complexity index is 274. The number of hydrogen-bond acceptors (Lipinski definition) is 5. The molecule has 4 unspecified atom stereocenters. The van der Waals surface area contributed by atoms with Crippen LogP contribution >= 0.6 is 0 Å². The van der Waals surface area contributed by atoms with Gasteiger partial charge in [0.25, 0.3) is 0 Å². The zero-order chi connectivity index (χ0) is 10.3. The van der Waals surface area contributed by atoms with Gasteiger partial charge in [-0.3, -0.25) is 4.79 Å². The molecule has 4 atom stereocenters. The fourth-order valence-corrected chi connectivity index (χ4v) is 2.20. The summed E-state index contributed by atoms with van der Waals surface area (Å²) in [5, 5.41) is 8.28. The van der Waals surface area contributed by atoms with E-state index in [-0.39, 0.29) is 23.9 Å². The van der Waals surface area contributed by atoms with E-state index in [9.17, 15) is 9.59 Å². The molecule has 1 saturated carbocycles. The lowest BCUT2D eigenvalue weighted by atomic mass is 9.77. The van der Waals surface area contributed by atoms with E-state index in [0.29, 0.717) is 12.8 Å². The maximum absolute atomic E-state index is 11.2. The van der Waals surface area contributed by atoms with Gasteiger partial charge in [-0.15, -0.1) is 0 Å². The molecule has 78 valence electrons. The van der Waals surface area contributed by atoms with Crippen LogP contribution in [-0.4, -0.2) is 29.2 Å². The quantitative estimate of drug-likeness (QED) is 0.396. The van der Waals surface area contributed by atoms with E-state index in [4.69, 9.17) is 9.99 Å². The Labute approximate surface area is 80.9 Å². The molecule has 0 spiro atoms. The largest absolute Gasteiger partial charge is 0.370 e. The lowest BCUT2D eigenvalue weighted by molar-refractivity contribution is -0.241. The SMILES string of the molecule is CC(=O)C1CC2OC2CC1C(=O)OO. The van der Waals surface area contributed by atoms with Crippen molar-refractivity contribution in [2.75, 3.05) is 0 Å². The Morgan fingerprint density at radius 1 is 1.29 bits per heavy atom. The summed E-state index contributed by atoms with van der Waals surface area (Å²) < 4.78 is 5.24. The van der Waals surface area contributed by atoms with Crippen LogP contribution in [0, 0.1) is 11.8 Å². The van der Waals surface area contributed by atoms with Gasteiger partial charge in [0.15, 0.2) is 0 Å². The lowest BCUT2D eigenvalue weighted by Crippen LogP contribution is -2.35. The first-order chi connectivity index (χ1) is 6.63. The van der Waals surface area contributed by atoms with Crippen LogP contribution in [-0.2, 0) is 19.2 Å². The highest BCUT2D eigenvalue weighted by Gasteiger charge is 2.52. The first-order valence-electron chi connectivity index (χ1n) is 4.64. The van der Waals surface area contributed by atoms with E-state index in [1.165, 1.54) is 6.92 Å². The molecule has 0 bridgehead atoms. The van der Waals surface area contributed by atoms with E-state index < -0.39 is 11.9 Å². The molecule has 5 heteroatoms. The van der Waals surface area contributed by atoms with Crippen molar-refractivity contribution >= 4 is 11.8 Å². The van der Waals surface area contributed by atoms with E-state index in [0.717, 1.165) is 0 Å². The minimum atomic E-state index is -0.723. The fourth-order valence-electron chi connectivity index (χ4n) is 2.20. The average Bonchev–Trinajstić information content (AvgIpc) is 2.92. The molecule has 0 radical (unpaired) electrons. The predicted molar refractivity (Wildman–Crippen MR) is 44.3 cm³/mol. The Morgan fingerprint density at radius 3 is 2.36 bits per heavy atom. The maximum Gasteiger partial charge on any atom is 0.345 e. The molecule has 1 heterocycles. The molecule has 2 fully saturated rings. The Kier molecular flexibility index (Phi) is 2.28. The highest BCUT2D eigenvalue weighted by Crippen LogP contribution is 2.43. The van der Waals surface area contributed by atoms with Crippen LogP contribution in [0.15, 0.2) is 0 Å². The zero-order valence-electron chi connectivity index (χ0n) is 7.80. The van der Waals surface area contributed by atoms with Crippen LogP contribution in [0.1, 0.15) is 19.8 Å². The number of rotatable bonds is 2. The van der Waals surface area contributed by atoms with Crippen LogP contribution in [0.3, 0.4) is 0 Å². The number of carbonyl (C=O) groups excluding carboxylic acids is 2. The van der Waals surface area contributed by atoms with Crippen molar-refractivity contribution in [3.63, 3.8) is 0 Å². The molecule has 2 aliphatic rings. The number of fused-ring (bicyclic) bond motifs is 1. The summed E-state index contributed by atoms with van der Waals surface area (Å²) in [5.41, 5.74) is 0. The Hall–Kier alpha value is -0.940. The third kappa shape index (κ3) is 1.53. The fraction of sp³-hybridized carbons (Fsp3) is 0.778. The van der Waals surface area contributed by atoms with Gasteiger partial charge in [0.05, 0.1) is 18.1 Å². The molecular weight excluding hydrogens is 188 g/mol. The Morgan fingerprint density at radius 2 is 1.86 bits per heavy atom. The van der Waals surface area contributed by atoms with Crippen molar-refractivity contribution in [3.05, 3.63) is 0 Å². The van der Waals surface area contributed by atoms with Crippen molar-refractivity contribution < 1.29 is 24.5 Å². The molecule has 1 N–H and O–H groups in total. The molecule has 0 aromatic heterocycles. The molecule has 0 aromatic carbocycles. The van der Waals surface area contributed by atoms with Crippen molar-refractivity contribution in [3.8, 4) is 0 Å². The van der Waals surface area contributed by atoms with Crippen LogP contribution in [0.2, 0.25) is 0 Å². The number of ether oxygens (including phenoxy) is 1. The molecule has 1 aliphatic heterocycles. The standard InChI is InChI=1S/C9H12O5/c1-4(10)5-2-7-8(13-7)3-6(5)9(11)14-12/h5-8,12H,2-3H2,1H3. The van der Waals surface area contributed by atoms with Crippen LogP contribution in [0.5, 0.6) is 0 Å². The molecule has 0 amide bonds. The lowest BCUT2D eigenvalue weighted by Gasteiger charge is -2.23. The third-order valence-electron chi connectivity index (χ3n) is 3.06. The normalized spacial score (nSPS) is 39.9. The molecular formula is C9H12O5. The van der Waals surface area contributed by atoms with Crippen LogP contribution in [0.4, 0.5) is 0 Å². The monoisotopic (exact) mass is 200 g/mol. The first kappa shape index (κ1) is 9.61. The maximum atomic E-state index is 11.2. The van der Waals surface area contributed by atoms with E-state index in [2.05, 4.69) is 4.89 Å². The highest BCUT2D eigenvalue weighted by molar-refractivity contribution is 5.85. The molecule has 1 aliphatic carbocycles. The highest BCUT2D eigenvalue weighted by atomic mass is 17.1. The second-order valence-corrected chi connectivity index (χ2v) is 3.92. The van der Waals surface area contributed by atoms with Gasteiger partial charge in [-0.05, 0) is 19.8 Å². The summed E-state index contributed by atoms with van der Waals surface area (Å²) in [6.45, 7) is 1.45. The second kappa shape index (κ2) is 3.33. The molecule has 5 nitrogen and oxygen atoms in total. The Balaban J connectivity index is 2.10. The number of hydrogen-bond donors (Lipinski definition) is 1. The van der Waals surface area contributed by atoms with Crippen molar-refractivity contribution in [1.82, 2.24) is 0 Å². The van der Waals surface area contributed by atoms with Gasteiger partial charge >= 0.3 is 5.97 Å².